The molecule has 1 atom stereocenters. The van der Waals surface area contributed by atoms with E-state index in [0.29, 0.717) is 37.3 Å². The van der Waals surface area contributed by atoms with Gasteiger partial charge in [-0.2, -0.15) is 18.3 Å². The minimum atomic E-state index is -4.82. The molecule has 0 unspecified atom stereocenters. The highest BCUT2D eigenvalue weighted by atomic mass is 19.4. The summed E-state index contributed by atoms with van der Waals surface area (Å²) in [5.74, 6) is 5.37. The molecule has 1 saturated heterocycles. The first-order chi connectivity index (χ1) is 20.0. The molecule has 3 aromatic rings. The van der Waals surface area contributed by atoms with Gasteiger partial charge in [-0.15, -0.1) is 0 Å². The number of nitrogens with zero attached hydrogens (tertiary/aromatic N) is 5. The highest BCUT2D eigenvalue weighted by molar-refractivity contribution is 6.01. The predicted molar refractivity (Wildman–Crippen MR) is 149 cm³/mol. The number of carbonyl (C=O) groups is 2. The molecule has 2 aliphatic heterocycles. The molecule has 222 valence electrons. The Morgan fingerprint density at radius 3 is 2.29 bits per heavy atom. The Hall–Kier alpha value is -4.52. The number of rotatable bonds is 8. The monoisotopic (exact) mass is 583 g/mol. The number of amides is 1. The van der Waals surface area contributed by atoms with E-state index in [1.165, 1.54) is 23.9 Å². The van der Waals surface area contributed by atoms with Gasteiger partial charge in [0.1, 0.15) is 17.2 Å². The molecule has 2 aliphatic rings. The van der Waals surface area contributed by atoms with E-state index in [1.807, 2.05) is 24.3 Å². The molecule has 0 spiro atoms. The maximum Gasteiger partial charge on any atom is 0.436 e. The zero-order valence-electron chi connectivity index (χ0n) is 23.3. The van der Waals surface area contributed by atoms with Crippen LogP contribution in [0.25, 0.3) is 0 Å². The lowest BCUT2D eigenvalue weighted by Crippen LogP contribution is -2.31. The summed E-state index contributed by atoms with van der Waals surface area (Å²) in [4.78, 5) is 29.0. The molecule has 3 heterocycles. The number of anilines is 1. The van der Waals surface area contributed by atoms with Crippen molar-refractivity contribution in [3.05, 3.63) is 94.4 Å². The number of benzene rings is 2. The highest BCUT2D eigenvalue weighted by Crippen LogP contribution is 2.39. The summed E-state index contributed by atoms with van der Waals surface area (Å²) < 4.78 is 48.2. The Kier molecular flexibility index (Phi) is 7.87. The fourth-order valence-electron chi connectivity index (χ4n) is 5.30. The molecule has 0 radical (unpaired) electrons. The van der Waals surface area contributed by atoms with E-state index in [0.717, 1.165) is 23.5 Å². The van der Waals surface area contributed by atoms with Crippen molar-refractivity contribution in [3.63, 3.8) is 0 Å². The number of carbonyl (C=O) groups excluding carboxylic acids is 2. The molecule has 1 amide bonds. The van der Waals surface area contributed by atoms with Crippen LogP contribution in [0.2, 0.25) is 0 Å². The van der Waals surface area contributed by atoms with Gasteiger partial charge in [-0.05, 0) is 35.7 Å². The maximum absolute atomic E-state index is 14.1. The van der Waals surface area contributed by atoms with Crippen molar-refractivity contribution in [2.45, 2.75) is 38.8 Å². The molecule has 0 saturated carbocycles. The maximum atomic E-state index is 14.1. The molecular weight excluding hydrogens is 551 g/mol. The van der Waals surface area contributed by atoms with E-state index in [9.17, 15) is 22.8 Å². The second-order valence-electron chi connectivity index (χ2n) is 10.3. The number of ether oxygens (including phenoxy) is 1. The van der Waals surface area contributed by atoms with E-state index in [4.69, 9.17) is 10.6 Å². The molecule has 42 heavy (non-hydrogen) atoms. The number of hydrazine groups is 1. The van der Waals surface area contributed by atoms with Crippen LogP contribution in [0.1, 0.15) is 56.1 Å². The molecule has 1 aromatic heterocycles. The quantitative estimate of drug-likeness (QED) is 0.306. The van der Waals surface area contributed by atoms with Crippen molar-refractivity contribution in [2.24, 2.45) is 5.84 Å². The Morgan fingerprint density at radius 1 is 1.05 bits per heavy atom. The van der Waals surface area contributed by atoms with E-state index in [2.05, 4.69) is 21.9 Å². The van der Waals surface area contributed by atoms with Gasteiger partial charge in [0.2, 0.25) is 0 Å². The van der Waals surface area contributed by atoms with Crippen LogP contribution in [-0.2, 0) is 30.5 Å². The number of methoxy groups -OCH3 is 1. The first-order valence-corrected chi connectivity index (χ1v) is 13.4. The molecule has 0 bridgehead atoms. The van der Waals surface area contributed by atoms with Crippen molar-refractivity contribution >= 4 is 17.7 Å². The number of esters is 1. The summed E-state index contributed by atoms with van der Waals surface area (Å²) in [6.07, 6.45) is -4.82. The molecule has 0 aliphatic carbocycles. The zero-order valence-corrected chi connectivity index (χ0v) is 23.3. The Bertz CT molecular complexity index is 1500. The van der Waals surface area contributed by atoms with Crippen LogP contribution in [0.15, 0.2) is 60.9 Å². The summed E-state index contributed by atoms with van der Waals surface area (Å²) in [5, 5.41) is 8.08. The fourth-order valence-corrected chi connectivity index (χ4v) is 5.30. The summed E-state index contributed by atoms with van der Waals surface area (Å²) in [6.45, 7) is 8.61. The number of aromatic nitrogens is 2. The van der Waals surface area contributed by atoms with Gasteiger partial charge < -0.3 is 19.9 Å². The van der Waals surface area contributed by atoms with Gasteiger partial charge in [-0.25, -0.2) is 15.3 Å². The van der Waals surface area contributed by atoms with Gasteiger partial charge in [0.15, 0.2) is 5.69 Å². The Morgan fingerprint density at radius 2 is 1.69 bits per heavy atom. The van der Waals surface area contributed by atoms with Crippen LogP contribution < -0.4 is 16.1 Å². The van der Waals surface area contributed by atoms with Crippen LogP contribution in [0.5, 0.6) is 0 Å². The lowest BCUT2D eigenvalue weighted by Gasteiger charge is -2.22. The summed E-state index contributed by atoms with van der Waals surface area (Å²) in [5.41, 5.74) is 1.10. The second kappa shape index (κ2) is 11.4. The smallest absolute Gasteiger partial charge is 0.436 e. The van der Waals surface area contributed by atoms with Crippen molar-refractivity contribution < 1.29 is 27.5 Å². The van der Waals surface area contributed by atoms with Crippen molar-refractivity contribution in [2.75, 3.05) is 31.6 Å². The van der Waals surface area contributed by atoms with Crippen molar-refractivity contribution in [1.29, 1.82) is 0 Å². The minimum absolute atomic E-state index is 0.130. The van der Waals surface area contributed by atoms with E-state index in [-0.39, 0.29) is 12.4 Å². The molecular formula is C29H32F3N7O3. The largest absolute Gasteiger partial charge is 0.465 e. The SMILES string of the molecule is C=C1N(N)CCN1Cc1cccc(CN2CCn3nc(C(F)(F)F)c(C(=O)N[C@@H](C)c4ccc(C(=O)OC)cc4)c32)c1. The van der Waals surface area contributed by atoms with Crippen LogP contribution in [0.3, 0.4) is 0 Å². The lowest BCUT2D eigenvalue weighted by molar-refractivity contribution is -0.141. The normalized spacial score (nSPS) is 15.7. The third-order valence-corrected chi connectivity index (χ3v) is 7.53. The van der Waals surface area contributed by atoms with Crippen LogP contribution >= 0.6 is 0 Å². The number of nitrogens with one attached hydrogen (secondary N) is 1. The number of alkyl halides is 3. The third kappa shape index (κ3) is 5.77. The average Bonchev–Trinajstić information content (AvgIpc) is 3.63. The number of halogens is 3. The first kappa shape index (κ1) is 29.0. The van der Waals surface area contributed by atoms with Gasteiger partial charge in [0.05, 0.1) is 31.8 Å². The first-order valence-electron chi connectivity index (χ1n) is 13.4. The lowest BCUT2D eigenvalue weighted by atomic mass is 10.1. The molecule has 3 N–H and O–H groups in total. The molecule has 5 rings (SSSR count). The summed E-state index contributed by atoms with van der Waals surface area (Å²) >= 11 is 0. The molecule has 10 nitrogen and oxygen atoms in total. The summed E-state index contributed by atoms with van der Waals surface area (Å²) in [6, 6.07) is 13.4. The van der Waals surface area contributed by atoms with Gasteiger partial charge in [-0.1, -0.05) is 43.0 Å². The van der Waals surface area contributed by atoms with Gasteiger partial charge in [0.25, 0.3) is 5.91 Å². The Balaban J connectivity index is 1.37. The molecule has 2 aromatic carbocycles. The van der Waals surface area contributed by atoms with E-state index >= 15 is 0 Å². The van der Waals surface area contributed by atoms with Gasteiger partial charge in [-0.3, -0.25) is 9.80 Å². The van der Waals surface area contributed by atoms with Gasteiger partial charge >= 0.3 is 12.1 Å². The van der Waals surface area contributed by atoms with Crippen LogP contribution in [0, 0.1) is 0 Å². The number of fused-ring (bicyclic) bond motifs is 1. The van der Waals surface area contributed by atoms with Crippen LogP contribution in [-0.4, -0.2) is 58.3 Å². The van der Waals surface area contributed by atoms with Crippen LogP contribution in [0.4, 0.5) is 19.0 Å². The topological polar surface area (TPSA) is 109 Å². The molecule has 1 fully saturated rings. The average molecular weight is 584 g/mol. The highest BCUT2D eigenvalue weighted by Gasteiger charge is 2.44. The third-order valence-electron chi connectivity index (χ3n) is 7.53. The predicted octanol–water partition coefficient (Wildman–Crippen LogP) is 3.66. The standard InChI is InChI=1S/C29H32F3N7O3/c1-18(22-7-9-23(10-8-22)28(41)42-3)34-26(40)24-25(29(30,31)32)35-39-14-12-37(27(24)39)17-21-6-4-5-20(15-21)16-36-11-13-38(33)19(36)2/h4-10,15,18H,2,11-14,16-17,33H2,1,3H3,(H,34,40)/t18-/m0/s1. The summed E-state index contributed by atoms with van der Waals surface area (Å²) in [7, 11) is 1.27. The van der Waals surface area contributed by atoms with Crippen molar-refractivity contribution in [1.82, 2.24) is 25.0 Å². The second-order valence-corrected chi connectivity index (χ2v) is 10.3. The number of hydrogen-bond acceptors (Lipinski definition) is 8. The zero-order chi connectivity index (χ0) is 30.2. The van der Waals surface area contributed by atoms with Gasteiger partial charge in [0, 0.05) is 26.2 Å². The number of nitrogens with two attached hydrogens (primary N) is 1. The Labute approximate surface area is 241 Å². The number of hydrogen-bond donors (Lipinski definition) is 2. The van der Waals surface area contributed by atoms with E-state index in [1.54, 1.807) is 29.0 Å². The fraction of sp³-hybridized carbons (Fsp3) is 0.345. The van der Waals surface area contributed by atoms with E-state index < -0.39 is 35.4 Å². The molecule has 13 heteroatoms. The minimum Gasteiger partial charge on any atom is -0.465 e. The van der Waals surface area contributed by atoms with Crippen molar-refractivity contribution in [3.8, 4) is 0 Å².